The molecular weight excluding hydrogens is 340 g/mol. The number of benzene rings is 1. The van der Waals surface area contributed by atoms with Crippen molar-refractivity contribution in [1.29, 1.82) is 0 Å². The Balaban J connectivity index is 1.89. The number of hydrogen-bond acceptors (Lipinski definition) is 5. The van der Waals surface area contributed by atoms with Crippen molar-refractivity contribution in [1.82, 2.24) is 4.57 Å². The van der Waals surface area contributed by atoms with E-state index in [0.29, 0.717) is 23.7 Å². The Hall–Kier alpha value is -1.76. The molecule has 1 aliphatic rings. The van der Waals surface area contributed by atoms with Gasteiger partial charge in [-0.05, 0) is 44.6 Å². The minimum absolute atomic E-state index is 0.228. The van der Waals surface area contributed by atoms with Crippen LogP contribution in [0.1, 0.15) is 30.7 Å². The van der Waals surface area contributed by atoms with Gasteiger partial charge in [-0.2, -0.15) is 0 Å². The summed E-state index contributed by atoms with van der Waals surface area (Å²) in [6, 6.07) is 8.03. The fourth-order valence-corrected chi connectivity index (χ4v) is 4.02. The first kappa shape index (κ1) is 17.1. The van der Waals surface area contributed by atoms with Gasteiger partial charge in [-0.25, -0.2) is 0 Å². The van der Waals surface area contributed by atoms with Crippen molar-refractivity contribution in [3.05, 3.63) is 38.7 Å². The molecule has 1 aliphatic heterocycles. The third kappa shape index (κ3) is 3.36. The van der Waals surface area contributed by atoms with Gasteiger partial charge in [0, 0.05) is 36.6 Å². The molecule has 0 spiro atoms. The highest BCUT2D eigenvalue weighted by molar-refractivity contribution is 7.73. The summed E-state index contributed by atoms with van der Waals surface area (Å²) in [5, 5.41) is 10.5. The van der Waals surface area contributed by atoms with Gasteiger partial charge >= 0.3 is 0 Å². The van der Waals surface area contributed by atoms with Crippen molar-refractivity contribution in [2.75, 3.05) is 13.2 Å². The van der Waals surface area contributed by atoms with E-state index in [2.05, 4.69) is 11.1 Å². The maximum absolute atomic E-state index is 10.5. The lowest BCUT2D eigenvalue weighted by Crippen LogP contribution is -2.02. The lowest BCUT2D eigenvalue weighted by Gasteiger charge is -2.05. The Labute approximate surface area is 150 Å². The number of para-hydroxylation sites is 1. The average molecular weight is 361 g/mol. The SMILES string of the molecule is CCOCCCn1c(O)c(/C=C2\C(C)=Nc3ccccc32)sc1=S. The van der Waals surface area contributed by atoms with Crippen LogP contribution in [0.5, 0.6) is 5.88 Å². The quantitative estimate of drug-likeness (QED) is 0.579. The zero-order chi connectivity index (χ0) is 17.1. The molecule has 0 amide bonds. The van der Waals surface area contributed by atoms with Crippen LogP contribution in [-0.2, 0) is 11.3 Å². The lowest BCUT2D eigenvalue weighted by molar-refractivity contribution is 0.141. The topological polar surface area (TPSA) is 46.8 Å². The molecule has 0 radical (unpaired) electrons. The fraction of sp³-hybridized carbons (Fsp3) is 0.333. The van der Waals surface area contributed by atoms with Gasteiger partial charge in [-0.15, -0.1) is 11.3 Å². The molecule has 0 saturated heterocycles. The first-order valence-electron chi connectivity index (χ1n) is 7.99. The highest BCUT2D eigenvalue weighted by atomic mass is 32.1. The summed E-state index contributed by atoms with van der Waals surface area (Å²) in [5.74, 6) is 0.228. The molecular formula is C18H20N2O2S2. The van der Waals surface area contributed by atoms with Gasteiger partial charge in [-0.3, -0.25) is 9.56 Å². The molecule has 1 aromatic heterocycles. The van der Waals surface area contributed by atoms with E-state index in [0.717, 1.165) is 33.8 Å². The predicted molar refractivity (Wildman–Crippen MR) is 103 cm³/mol. The first-order valence-corrected chi connectivity index (χ1v) is 9.21. The first-order chi connectivity index (χ1) is 11.6. The molecule has 1 N–H and O–H groups in total. The second-order valence-electron chi connectivity index (χ2n) is 5.53. The molecule has 0 fully saturated rings. The van der Waals surface area contributed by atoms with Crippen LogP contribution in [-0.4, -0.2) is 28.6 Å². The Morgan fingerprint density at radius 3 is 2.96 bits per heavy atom. The van der Waals surface area contributed by atoms with E-state index in [1.807, 2.05) is 38.1 Å². The summed E-state index contributed by atoms with van der Waals surface area (Å²) in [6.07, 6.45) is 2.81. The van der Waals surface area contributed by atoms with Crippen LogP contribution in [0.4, 0.5) is 5.69 Å². The molecule has 2 aromatic rings. The van der Waals surface area contributed by atoms with Crippen molar-refractivity contribution >= 4 is 46.6 Å². The van der Waals surface area contributed by atoms with Gasteiger partial charge in [-0.1, -0.05) is 18.2 Å². The molecule has 126 valence electrons. The molecule has 0 saturated carbocycles. The number of aromatic hydroxyl groups is 1. The molecule has 2 heterocycles. The van der Waals surface area contributed by atoms with Crippen LogP contribution in [0.2, 0.25) is 0 Å². The van der Waals surface area contributed by atoms with E-state index in [1.54, 1.807) is 4.57 Å². The number of rotatable bonds is 6. The molecule has 4 nitrogen and oxygen atoms in total. The van der Waals surface area contributed by atoms with Crippen molar-refractivity contribution in [3.63, 3.8) is 0 Å². The van der Waals surface area contributed by atoms with Gasteiger partial charge in [0.05, 0.1) is 10.6 Å². The van der Waals surface area contributed by atoms with Crippen molar-refractivity contribution in [2.24, 2.45) is 4.99 Å². The second kappa shape index (κ2) is 7.42. The van der Waals surface area contributed by atoms with Crippen LogP contribution in [0, 0.1) is 3.95 Å². The smallest absolute Gasteiger partial charge is 0.210 e. The number of aliphatic imine (C=N–C) groups is 1. The predicted octanol–water partition coefficient (Wildman–Crippen LogP) is 5.06. The lowest BCUT2D eigenvalue weighted by atomic mass is 10.0. The van der Waals surface area contributed by atoms with Gasteiger partial charge in [0.25, 0.3) is 0 Å². The Morgan fingerprint density at radius 1 is 1.38 bits per heavy atom. The van der Waals surface area contributed by atoms with Gasteiger partial charge in [0.1, 0.15) is 0 Å². The molecule has 0 aliphatic carbocycles. The van der Waals surface area contributed by atoms with E-state index in [9.17, 15) is 5.11 Å². The highest BCUT2D eigenvalue weighted by Gasteiger charge is 2.19. The summed E-state index contributed by atoms with van der Waals surface area (Å²) in [5.41, 5.74) is 4.06. The maximum atomic E-state index is 10.5. The fourth-order valence-electron chi connectivity index (χ4n) is 2.72. The maximum Gasteiger partial charge on any atom is 0.210 e. The summed E-state index contributed by atoms with van der Waals surface area (Å²) in [6.45, 7) is 6.00. The normalized spacial score (nSPS) is 14.9. The third-order valence-electron chi connectivity index (χ3n) is 3.92. The van der Waals surface area contributed by atoms with Crippen molar-refractivity contribution < 1.29 is 9.84 Å². The van der Waals surface area contributed by atoms with E-state index < -0.39 is 0 Å². The van der Waals surface area contributed by atoms with Gasteiger partial charge in [0.2, 0.25) is 5.88 Å². The Morgan fingerprint density at radius 2 is 2.17 bits per heavy atom. The zero-order valence-electron chi connectivity index (χ0n) is 13.8. The van der Waals surface area contributed by atoms with Crippen LogP contribution < -0.4 is 0 Å². The molecule has 0 unspecified atom stereocenters. The van der Waals surface area contributed by atoms with E-state index in [1.165, 1.54) is 11.3 Å². The molecule has 24 heavy (non-hydrogen) atoms. The monoisotopic (exact) mass is 360 g/mol. The number of thiazole rings is 1. The highest BCUT2D eigenvalue weighted by Crippen LogP contribution is 2.38. The number of fused-ring (bicyclic) bond motifs is 1. The largest absolute Gasteiger partial charge is 0.493 e. The Kier molecular flexibility index (Phi) is 5.28. The van der Waals surface area contributed by atoms with Crippen LogP contribution >= 0.6 is 23.6 Å². The number of allylic oxidation sites excluding steroid dienone is 1. The number of hydrogen-bond donors (Lipinski definition) is 1. The van der Waals surface area contributed by atoms with E-state index >= 15 is 0 Å². The minimum Gasteiger partial charge on any atom is -0.493 e. The van der Waals surface area contributed by atoms with Crippen molar-refractivity contribution in [2.45, 2.75) is 26.8 Å². The molecule has 1 aromatic carbocycles. The molecule has 6 heteroatoms. The number of aromatic nitrogens is 1. The summed E-state index contributed by atoms with van der Waals surface area (Å²) >= 11 is 6.83. The molecule has 3 rings (SSSR count). The van der Waals surface area contributed by atoms with Gasteiger partial charge in [0.15, 0.2) is 3.95 Å². The molecule has 0 bridgehead atoms. The van der Waals surface area contributed by atoms with Crippen LogP contribution in [0.3, 0.4) is 0 Å². The average Bonchev–Trinajstić information content (AvgIpc) is 3.02. The van der Waals surface area contributed by atoms with Crippen molar-refractivity contribution in [3.8, 4) is 5.88 Å². The summed E-state index contributed by atoms with van der Waals surface area (Å²) in [4.78, 5) is 5.36. The van der Waals surface area contributed by atoms with E-state index in [-0.39, 0.29) is 5.88 Å². The molecule has 0 atom stereocenters. The second-order valence-corrected chi connectivity index (χ2v) is 7.21. The van der Waals surface area contributed by atoms with Crippen LogP contribution in [0.15, 0.2) is 29.3 Å². The standard InChI is InChI=1S/C18H20N2O2S2/c1-3-22-10-6-9-20-17(21)16(24-18(20)23)11-14-12(2)19-15-8-5-4-7-13(14)15/h4-5,7-8,11,21H,3,6,9-10H2,1-2H3/b14-11+. The van der Waals surface area contributed by atoms with Gasteiger partial charge < -0.3 is 9.84 Å². The Bertz CT molecular complexity index is 862. The minimum atomic E-state index is 0.228. The summed E-state index contributed by atoms with van der Waals surface area (Å²) < 4.78 is 7.80. The third-order valence-corrected chi connectivity index (χ3v) is 5.30. The van der Waals surface area contributed by atoms with E-state index in [4.69, 9.17) is 17.0 Å². The zero-order valence-corrected chi connectivity index (χ0v) is 15.4. The summed E-state index contributed by atoms with van der Waals surface area (Å²) in [7, 11) is 0. The number of nitrogens with zero attached hydrogens (tertiary/aromatic N) is 2. The van der Waals surface area contributed by atoms with Crippen LogP contribution in [0.25, 0.3) is 11.6 Å². The number of ether oxygens (including phenoxy) is 1.